The van der Waals surface area contributed by atoms with Gasteiger partial charge in [0.1, 0.15) is 5.82 Å². The fourth-order valence-electron chi connectivity index (χ4n) is 3.48. The van der Waals surface area contributed by atoms with Gasteiger partial charge in [-0.3, -0.25) is 4.79 Å². The Hall–Kier alpha value is -3.73. The zero-order valence-corrected chi connectivity index (χ0v) is 18.1. The third-order valence-electron chi connectivity index (χ3n) is 5.37. The molecule has 1 N–H and O–H groups in total. The molecule has 0 spiro atoms. The Morgan fingerprint density at radius 3 is 2.42 bits per heavy atom. The summed E-state index contributed by atoms with van der Waals surface area (Å²) in [5, 5.41) is 7.49. The van der Waals surface area contributed by atoms with Crippen LogP contribution in [-0.4, -0.2) is 20.7 Å². The molecule has 1 heterocycles. The summed E-state index contributed by atoms with van der Waals surface area (Å²) in [5.41, 5.74) is 6.31. The van der Waals surface area contributed by atoms with Crippen molar-refractivity contribution in [1.29, 1.82) is 0 Å². The third-order valence-corrected chi connectivity index (χ3v) is 5.37. The summed E-state index contributed by atoms with van der Waals surface area (Å²) in [4.78, 5) is 17.5. The van der Waals surface area contributed by atoms with E-state index in [1.807, 2.05) is 81.4 Å². The van der Waals surface area contributed by atoms with Crippen LogP contribution in [0.4, 0.5) is 5.69 Å². The third kappa shape index (κ3) is 4.89. The van der Waals surface area contributed by atoms with E-state index in [9.17, 15) is 4.79 Å². The zero-order valence-electron chi connectivity index (χ0n) is 18.1. The predicted molar refractivity (Wildman–Crippen MR) is 124 cm³/mol. The minimum atomic E-state index is -0.310. The Morgan fingerprint density at radius 1 is 0.871 bits per heavy atom. The molecule has 0 saturated heterocycles. The van der Waals surface area contributed by atoms with Gasteiger partial charge >= 0.3 is 0 Å². The second kappa shape index (κ2) is 8.96. The molecule has 4 aromatic rings. The fourth-order valence-corrected chi connectivity index (χ4v) is 3.48. The Kier molecular flexibility index (Phi) is 5.94. The number of nitrogens with one attached hydrogen (secondary N) is 1. The van der Waals surface area contributed by atoms with Gasteiger partial charge in [0, 0.05) is 12.1 Å². The number of carbonyl (C=O) groups excluding carboxylic acids is 1. The lowest BCUT2D eigenvalue weighted by Gasteiger charge is -2.07. The number of rotatable bonds is 6. The van der Waals surface area contributed by atoms with Gasteiger partial charge in [0.2, 0.25) is 5.82 Å². The van der Waals surface area contributed by atoms with E-state index in [0.29, 0.717) is 6.42 Å². The Bertz CT molecular complexity index is 1210. The molecule has 31 heavy (non-hydrogen) atoms. The average Bonchev–Trinajstić information content (AvgIpc) is 3.20. The monoisotopic (exact) mass is 410 g/mol. The van der Waals surface area contributed by atoms with E-state index in [1.54, 1.807) is 4.68 Å². The number of benzene rings is 3. The Balaban J connectivity index is 1.63. The average molecular weight is 411 g/mol. The predicted octanol–water partition coefficient (Wildman–Crippen LogP) is 5.23. The topological polar surface area (TPSA) is 59.8 Å². The number of aryl methyl sites for hydroxylation is 5. The highest BCUT2D eigenvalue weighted by Crippen LogP contribution is 2.17. The highest BCUT2D eigenvalue weighted by Gasteiger charge is 2.18. The van der Waals surface area contributed by atoms with Gasteiger partial charge in [0.25, 0.3) is 5.91 Å². The van der Waals surface area contributed by atoms with E-state index in [4.69, 9.17) is 0 Å². The summed E-state index contributed by atoms with van der Waals surface area (Å²) in [5.74, 6) is 0.623. The first kappa shape index (κ1) is 20.5. The lowest BCUT2D eigenvalue weighted by Crippen LogP contribution is -2.14. The van der Waals surface area contributed by atoms with Crippen molar-refractivity contribution < 1.29 is 4.79 Å². The standard InChI is InChI=1S/C26H26N4O/c1-18-8-7-11-23(16-18)30-24(15-13-21-9-5-4-6-10-21)28-25(29-30)26(31)27-22-14-12-19(2)20(3)17-22/h4-12,14,16-17H,13,15H2,1-3H3,(H,27,31). The molecular formula is C26H26N4O. The number of hydrogen-bond donors (Lipinski definition) is 1. The fraction of sp³-hybridized carbons (Fsp3) is 0.192. The molecule has 0 bridgehead atoms. The summed E-state index contributed by atoms with van der Waals surface area (Å²) in [7, 11) is 0. The van der Waals surface area contributed by atoms with Crippen molar-refractivity contribution in [2.75, 3.05) is 5.32 Å². The summed E-state index contributed by atoms with van der Waals surface area (Å²) in [6.07, 6.45) is 1.51. The van der Waals surface area contributed by atoms with Crippen molar-refractivity contribution in [2.45, 2.75) is 33.6 Å². The maximum atomic E-state index is 12.9. The molecule has 5 heteroatoms. The van der Waals surface area contributed by atoms with Crippen LogP contribution in [-0.2, 0) is 12.8 Å². The molecule has 0 atom stereocenters. The van der Waals surface area contributed by atoms with Crippen LogP contribution in [0.1, 0.15) is 38.7 Å². The Labute approximate surface area is 182 Å². The molecule has 0 radical (unpaired) electrons. The van der Waals surface area contributed by atoms with Gasteiger partial charge in [-0.1, -0.05) is 48.5 Å². The van der Waals surface area contributed by atoms with Crippen LogP contribution in [0.15, 0.2) is 72.8 Å². The summed E-state index contributed by atoms with van der Waals surface area (Å²) >= 11 is 0. The van der Waals surface area contributed by atoms with Crippen LogP contribution in [0.25, 0.3) is 5.69 Å². The molecule has 0 aliphatic carbocycles. The van der Waals surface area contributed by atoms with Crippen molar-refractivity contribution in [3.8, 4) is 5.69 Å². The van der Waals surface area contributed by atoms with E-state index in [-0.39, 0.29) is 11.7 Å². The van der Waals surface area contributed by atoms with E-state index in [1.165, 1.54) is 11.1 Å². The lowest BCUT2D eigenvalue weighted by molar-refractivity contribution is 0.101. The van der Waals surface area contributed by atoms with Crippen LogP contribution < -0.4 is 5.32 Å². The molecule has 0 unspecified atom stereocenters. The van der Waals surface area contributed by atoms with Crippen molar-refractivity contribution in [2.24, 2.45) is 0 Å². The van der Waals surface area contributed by atoms with Gasteiger partial charge in [-0.15, -0.1) is 5.10 Å². The SMILES string of the molecule is Cc1cccc(-n2nc(C(=O)Nc3ccc(C)c(C)c3)nc2CCc2ccccc2)c1. The van der Waals surface area contributed by atoms with Crippen molar-refractivity contribution in [3.63, 3.8) is 0 Å². The van der Waals surface area contributed by atoms with E-state index < -0.39 is 0 Å². The van der Waals surface area contributed by atoms with E-state index in [0.717, 1.165) is 34.7 Å². The maximum Gasteiger partial charge on any atom is 0.295 e. The summed E-state index contributed by atoms with van der Waals surface area (Å²) in [6.45, 7) is 6.11. The largest absolute Gasteiger partial charge is 0.319 e. The minimum Gasteiger partial charge on any atom is -0.319 e. The second-order valence-electron chi connectivity index (χ2n) is 7.84. The number of anilines is 1. The Morgan fingerprint density at radius 2 is 1.68 bits per heavy atom. The quantitative estimate of drug-likeness (QED) is 0.473. The van der Waals surface area contributed by atoms with Crippen LogP contribution in [0.3, 0.4) is 0 Å². The maximum absolute atomic E-state index is 12.9. The highest BCUT2D eigenvalue weighted by atomic mass is 16.2. The van der Waals surface area contributed by atoms with Crippen molar-refractivity contribution >= 4 is 11.6 Å². The van der Waals surface area contributed by atoms with Crippen LogP contribution in [0.2, 0.25) is 0 Å². The molecule has 0 aliphatic rings. The molecular weight excluding hydrogens is 384 g/mol. The molecule has 1 aromatic heterocycles. The number of nitrogens with zero attached hydrogens (tertiary/aromatic N) is 3. The van der Waals surface area contributed by atoms with Crippen molar-refractivity contribution in [3.05, 3.63) is 107 Å². The van der Waals surface area contributed by atoms with E-state index >= 15 is 0 Å². The van der Waals surface area contributed by atoms with Gasteiger partial charge < -0.3 is 5.32 Å². The van der Waals surface area contributed by atoms with Gasteiger partial charge in [-0.25, -0.2) is 9.67 Å². The minimum absolute atomic E-state index is 0.169. The molecule has 4 rings (SSSR count). The first-order valence-electron chi connectivity index (χ1n) is 10.4. The molecule has 1 amide bonds. The van der Waals surface area contributed by atoms with Gasteiger partial charge in [-0.2, -0.15) is 0 Å². The van der Waals surface area contributed by atoms with Gasteiger partial charge in [-0.05, 0) is 73.7 Å². The normalized spacial score (nSPS) is 10.8. The zero-order chi connectivity index (χ0) is 21.8. The van der Waals surface area contributed by atoms with Gasteiger partial charge in [0.15, 0.2) is 0 Å². The summed E-state index contributed by atoms with van der Waals surface area (Å²) in [6, 6.07) is 24.2. The summed E-state index contributed by atoms with van der Waals surface area (Å²) < 4.78 is 1.78. The number of aromatic nitrogens is 3. The number of amides is 1. The molecule has 0 fully saturated rings. The number of carbonyl (C=O) groups is 1. The molecule has 0 saturated carbocycles. The molecule has 156 valence electrons. The smallest absolute Gasteiger partial charge is 0.295 e. The van der Waals surface area contributed by atoms with Gasteiger partial charge in [0.05, 0.1) is 5.69 Å². The highest BCUT2D eigenvalue weighted by molar-refractivity contribution is 6.01. The first-order chi connectivity index (χ1) is 15.0. The van der Waals surface area contributed by atoms with Crippen molar-refractivity contribution in [1.82, 2.24) is 14.8 Å². The van der Waals surface area contributed by atoms with Crippen LogP contribution in [0, 0.1) is 20.8 Å². The first-order valence-corrected chi connectivity index (χ1v) is 10.4. The number of hydrogen-bond acceptors (Lipinski definition) is 3. The molecule has 3 aromatic carbocycles. The lowest BCUT2D eigenvalue weighted by atomic mass is 10.1. The molecule has 0 aliphatic heterocycles. The van der Waals surface area contributed by atoms with E-state index in [2.05, 4.69) is 27.5 Å². The van der Waals surface area contributed by atoms with Crippen LogP contribution >= 0.6 is 0 Å². The molecule has 5 nitrogen and oxygen atoms in total. The second-order valence-corrected chi connectivity index (χ2v) is 7.84. The van der Waals surface area contributed by atoms with Crippen LogP contribution in [0.5, 0.6) is 0 Å².